The quantitative estimate of drug-likeness (QED) is 0.699. The molecule has 1 unspecified atom stereocenters. The molecule has 6 nitrogen and oxygen atoms in total. The molecule has 2 fully saturated rings. The van der Waals surface area contributed by atoms with Crippen molar-refractivity contribution in [1.82, 2.24) is 14.7 Å². The van der Waals surface area contributed by atoms with Gasteiger partial charge in [0.2, 0.25) is 5.91 Å². The fourth-order valence-corrected chi connectivity index (χ4v) is 2.72. The second-order valence-electron chi connectivity index (χ2n) is 5.21. The summed E-state index contributed by atoms with van der Waals surface area (Å²) in [5.74, 6) is 0.221. The van der Waals surface area contributed by atoms with E-state index in [4.69, 9.17) is 9.84 Å². The van der Waals surface area contributed by atoms with Gasteiger partial charge in [0, 0.05) is 45.8 Å². The summed E-state index contributed by atoms with van der Waals surface area (Å²) in [5, 5.41) is 8.92. The summed E-state index contributed by atoms with van der Waals surface area (Å²) in [6.07, 6.45) is 0. The zero-order valence-electron chi connectivity index (χ0n) is 11.8. The van der Waals surface area contributed by atoms with E-state index >= 15 is 0 Å². The van der Waals surface area contributed by atoms with Gasteiger partial charge in [-0.15, -0.1) is 0 Å². The van der Waals surface area contributed by atoms with E-state index < -0.39 is 0 Å². The van der Waals surface area contributed by atoms with Crippen molar-refractivity contribution >= 4 is 5.91 Å². The average Bonchev–Trinajstić information content (AvgIpc) is 2.48. The van der Waals surface area contributed by atoms with E-state index in [9.17, 15) is 4.79 Å². The van der Waals surface area contributed by atoms with E-state index in [1.807, 2.05) is 11.8 Å². The fraction of sp³-hybridized carbons (Fsp3) is 0.923. The molecule has 1 amide bonds. The van der Waals surface area contributed by atoms with Crippen molar-refractivity contribution in [2.75, 3.05) is 65.6 Å². The number of ether oxygens (including phenoxy) is 1. The maximum Gasteiger partial charge on any atom is 0.239 e. The second kappa shape index (κ2) is 7.19. The maximum absolute atomic E-state index is 12.4. The first-order chi connectivity index (χ1) is 9.22. The molecule has 0 aliphatic carbocycles. The highest BCUT2D eigenvalue weighted by molar-refractivity contribution is 5.81. The van der Waals surface area contributed by atoms with Gasteiger partial charge in [0.05, 0.1) is 25.9 Å². The Balaban J connectivity index is 1.79. The van der Waals surface area contributed by atoms with Crippen LogP contribution < -0.4 is 0 Å². The summed E-state index contributed by atoms with van der Waals surface area (Å²) in [6.45, 7) is 9.35. The number of aliphatic hydroxyl groups is 1. The van der Waals surface area contributed by atoms with Crippen LogP contribution in [0.15, 0.2) is 0 Å². The van der Waals surface area contributed by atoms with Crippen LogP contribution >= 0.6 is 0 Å². The molecule has 1 atom stereocenters. The smallest absolute Gasteiger partial charge is 0.239 e. The van der Waals surface area contributed by atoms with Gasteiger partial charge in [-0.3, -0.25) is 14.6 Å². The number of β-amino-alcohol motifs (C(OH)–C–C–N with tert-alkyl or cyclic N) is 1. The number of hydrogen-bond acceptors (Lipinski definition) is 5. The Morgan fingerprint density at radius 1 is 1.16 bits per heavy atom. The topological polar surface area (TPSA) is 56.2 Å². The minimum absolute atomic E-state index is 0.0469. The number of piperazine rings is 1. The predicted molar refractivity (Wildman–Crippen MR) is 72.0 cm³/mol. The molecule has 2 aliphatic heterocycles. The van der Waals surface area contributed by atoms with E-state index in [0.29, 0.717) is 26.3 Å². The molecule has 0 aromatic rings. The number of nitrogens with zero attached hydrogens (tertiary/aromatic N) is 3. The van der Waals surface area contributed by atoms with Gasteiger partial charge in [-0.25, -0.2) is 0 Å². The Kier molecular flexibility index (Phi) is 5.57. The van der Waals surface area contributed by atoms with Crippen molar-refractivity contribution in [1.29, 1.82) is 0 Å². The number of amides is 1. The predicted octanol–water partition coefficient (Wildman–Crippen LogP) is -1.16. The molecule has 0 radical (unpaired) electrons. The van der Waals surface area contributed by atoms with Crippen molar-refractivity contribution in [3.63, 3.8) is 0 Å². The van der Waals surface area contributed by atoms with Crippen molar-refractivity contribution in [3.05, 3.63) is 0 Å². The zero-order chi connectivity index (χ0) is 13.7. The van der Waals surface area contributed by atoms with Crippen LogP contribution in [0, 0.1) is 0 Å². The van der Waals surface area contributed by atoms with Crippen LogP contribution in [0.4, 0.5) is 0 Å². The molecule has 0 aromatic carbocycles. The van der Waals surface area contributed by atoms with Crippen molar-refractivity contribution in [2.24, 2.45) is 0 Å². The summed E-state index contributed by atoms with van der Waals surface area (Å²) in [6, 6.07) is -0.0469. The Morgan fingerprint density at radius 3 is 2.37 bits per heavy atom. The minimum atomic E-state index is -0.0469. The third-order valence-electron chi connectivity index (χ3n) is 4.05. The van der Waals surface area contributed by atoms with Gasteiger partial charge < -0.3 is 14.7 Å². The minimum Gasteiger partial charge on any atom is -0.395 e. The number of hydrogen-bond donors (Lipinski definition) is 1. The van der Waals surface area contributed by atoms with Crippen molar-refractivity contribution in [2.45, 2.75) is 13.0 Å². The van der Waals surface area contributed by atoms with Crippen LogP contribution in [-0.2, 0) is 9.53 Å². The van der Waals surface area contributed by atoms with Gasteiger partial charge in [-0.2, -0.15) is 0 Å². The highest BCUT2D eigenvalue weighted by Gasteiger charge is 2.29. The molecule has 0 saturated carbocycles. The van der Waals surface area contributed by atoms with E-state index in [1.54, 1.807) is 0 Å². The fourth-order valence-electron chi connectivity index (χ4n) is 2.72. The largest absolute Gasteiger partial charge is 0.395 e. The molecular weight excluding hydrogens is 246 g/mol. The van der Waals surface area contributed by atoms with Crippen molar-refractivity contribution < 1.29 is 14.6 Å². The monoisotopic (exact) mass is 271 g/mol. The Bertz CT molecular complexity index is 287. The molecule has 110 valence electrons. The summed E-state index contributed by atoms with van der Waals surface area (Å²) < 4.78 is 5.28. The van der Waals surface area contributed by atoms with Crippen LogP contribution in [0.25, 0.3) is 0 Å². The summed E-state index contributed by atoms with van der Waals surface area (Å²) >= 11 is 0. The molecule has 2 aliphatic rings. The second-order valence-corrected chi connectivity index (χ2v) is 5.21. The number of aliphatic hydroxyl groups excluding tert-OH is 1. The SMILES string of the molecule is CC(C(=O)N1CCOCC1)N1CCN(CCO)CC1. The Hall–Kier alpha value is -0.690. The van der Waals surface area contributed by atoms with Gasteiger partial charge >= 0.3 is 0 Å². The molecular formula is C13H25N3O3. The van der Waals surface area contributed by atoms with Crippen LogP contribution in [0.2, 0.25) is 0 Å². The lowest BCUT2D eigenvalue weighted by molar-refractivity contribution is -0.141. The molecule has 0 aromatic heterocycles. The Morgan fingerprint density at radius 2 is 1.79 bits per heavy atom. The van der Waals surface area contributed by atoms with Crippen LogP contribution in [0.5, 0.6) is 0 Å². The highest BCUT2D eigenvalue weighted by atomic mass is 16.5. The van der Waals surface area contributed by atoms with Crippen LogP contribution in [0.1, 0.15) is 6.92 Å². The van der Waals surface area contributed by atoms with Gasteiger partial charge in [0.25, 0.3) is 0 Å². The molecule has 2 rings (SSSR count). The van der Waals surface area contributed by atoms with Crippen LogP contribution in [-0.4, -0.2) is 97.4 Å². The van der Waals surface area contributed by atoms with Gasteiger partial charge in [0.1, 0.15) is 0 Å². The van der Waals surface area contributed by atoms with E-state index in [2.05, 4.69) is 9.80 Å². The van der Waals surface area contributed by atoms with E-state index in [0.717, 1.165) is 32.7 Å². The molecule has 2 saturated heterocycles. The first-order valence-corrected chi connectivity index (χ1v) is 7.16. The first kappa shape index (κ1) is 14.7. The maximum atomic E-state index is 12.4. The third-order valence-corrected chi connectivity index (χ3v) is 4.05. The van der Waals surface area contributed by atoms with Crippen LogP contribution in [0.3, 0.4) is 0 Å². The zero-order valence-corrected chi connectivity index (χ0v) is 11.8. The number of carbonyl (C=O) groups is 1. The lowest BCUT2D eigenvalue weighted by Gasteiger charge is -2.39. The van der Waals surface area contributed by atoms with Gasteiger partial charge in [-0.05, 0) is 6.92 Å². The third kappa shape index (κ3) is 3.89. The first-order valence-electron chi connectivity index (χ1n) is 7.16. The molecule has 19 heavy (non-hydrogen) atoms. The highest BCUT2D eigenvalue weighted by Crippen LogP contribution is 2.10. The van der Waals surface area contributed by atoms with Gasteiger partial charge in [0.15, 0.2) is 0 Å². The van der Waals surface area contributed by atoms with E-state index in [1.165, 1.54) is 0 Å². The standard InChI is InChI=1S/C13H25N3O3/c1-12(13(18)16-7-10-19-11-8-16)15-4-2-14(3-5-15)6-9-17/h12,17H,2-11H2,1H3. The Labute approximate surface area is 114 Å². The number of carbonyl (C=O) groups excluding carboxylic acids is 1. The number of morpholine rings is 1. The lowest BCUT2D eigenvalue weighted by atomic mass is 10.2. The summed E-state index contributed by atoms with van der Waals surface area (Å²) in [4.78, 5) is 18.8. The molecule has 0 spiro atoms. The van der Waals surface area contributed by atoms with Crippen molar-refractivity contribution in [3.8, 4) is 0 Å². The molecule has 2 heterocycles. The van der Waals surface area contributed by atoms with Gasteiger partial charge in [-0.1, -0.05) is 0 Å². The lowest BCUT2D eigenvalue weighted by Crippen LogP contribution is -2.56. The normalized spacial score (nSPS) is 24.4. The average molecular weight is 271 g/mol. The summed E-state index contributed by atoms with van der Waals surface area (Å²) in [7, 11) is 0. The summed E-state index contributed by atoms with van der Waals surface area (Å²) in [5.41, 5.74) is 0. The number of rotatable bonds is 4. The van der Waals surface area contributed by atoms with E-state index in [-0.39, 0.29) is 18.6 Å². The molecule has 0 bridgehead atoms. The molecule has 1 N–H and O–H groups in total. The molecule has 6 heteroatoms.